The second-order valence-corrected chi connectivity index (χ2v) is 8.72. The summed E-state index contributed by atoms with van der Waals surface area (Å²) in [6.45, 7) is 1.71. The summed E-state index contributed by atoms with van der Waals surface area (Å²) < 4.78 is 5.45. The zero-order valence-electron chi connectivity index (χ0n) is 17.6. The molecule has 0 bridgehead atoms. The van der Waals surface area contributed by atoms with Crippen LogP contribution < -0.4 is 10.1 Å². The predicted molar refractivity (Wildman–Crippen MR) is 113 cm³/mol. The van der Waals surface area contributed by atoms with Crippen LogP contribution in [0.3, 0.4) is 0 Å². The van der Waals surface area contributed by atoms with E-state index in [0.717, 1.165) is 11.1 Å². The predicted octanol–water partition coefficient (Wildman–Crippen LogP) is 1.77. The molecule has 5 rings (SSSR count). The maximum atomic E-state index is 13.1. The number of aliphatic hydroxyl groups excluding tert-OH is 1. The lowest BCUT2D eigenvalue weighted by Crippen LogP contribution is -2.39. The van der Waals surface area contributed by atoms with Gasteiger partial charge in [0.2, 0.25) is 11.8 Å². The average molecular weight is 433 g/mol. The number of aliphatic hydroxyl groups is 1. The second-order valence-electron chi connectivity index (χ2n) is 8.72. The third-order valence-corrected chi connectivity index (χ3v) is 6.98. The lowest BCUT2D eigenvalue weighted by molar-refractivity contribution is -0.126. The van der Waals surface area contributed by atoms with E-state index in [1.807, 2.05) is 18.2 Å². The molecule has 1 heterocycles. The molecule has 1 fully saturated rings. The number of carbonyl (C=O) groups excluding carboxylic acids is 4. The molecule has 164 valence electrons. The molecule has 2 N–H and O–H groups in total. The van der Waals surface area contributed by atoms with Crippen molar-refractivity contribution >= 4 is 23.4 Å². The molecule has 1 saturated heterocycles. The highest BCUT2D eigenvalue weighted by Crippen LogP contribution is 2.54. The van der Waals surface area contributed by atoms with E-state index >= 15 is 0 Å². The molecular weight excluding hydrogens is 410 g/mol. The van der Waals surface area contributed by atoms with E-state index in [2.05, 4.69) is 5.32 Å². The zero-order valence-corrected chi connectivity index (χ0v) is 17.6. The molecule has 0 radical (unpaired) electrons. The van der Waals surface area contributed by atoms with Crippen molar-refractivity contribution in [3.05, 3.63) is 64.3 Å². The summed E-state index contributed by atoms with van der Waals surface area (Å²) in [6.07, 6.45) is 4.09. The SMILES string of the molecule is CC1=CC(=O)C2=C(C[C@@H]3C(=CC[C@@H]4C(=O)NC(=O)[C@@H]43)[C@@H]2c2ccc(OCCO)cc2)C1=O. The van der Waals surface area contributed by atoms with Crippen LogP contribution >= 0.6 is 0 Å². The van der Waals surface area contributed by atoms with E-state index in [1.165, 1.54) is 6.08 Å². The highest BCUT2D eigenvalue weighted by molar-refractivity contribution is 6.23. The van der Waals surface area contributed by atoms with E-state index in [1.54, 1.807) is 19.1 Å². The number of amides is 2. The number of benzene rings is 1. The molecule has 1 aromatic carbocycles. The van der Waals surface area contributed by atoms with Crippen molar-refractivity contribution in [1.29, 1.82) is 0 Å². The maximum absolute atomic E-state index is 13.1. The molecule has 7 nitrogen and oxygen atoms in total. The summed E-state index contributed by atoms with van der Waals surface area (Å²) >= 11 is 0. The second kappa shape index (κ2) is 7.67. The van der Waals surface area contributed by atoms with Crippen LogP contribution in [-0.4, -0.2) is 41.7 Å². The van der Waals surface area contributed by atoms with E-state index in [-0.39, 0.29) is 48.9 Å². The Labute approximate surface area is 184 Å². The van der Waals surface area contributed by atoms with E-state index in [9.17, 15) is 19.2 Å². The first-order valence-electron chi connectivity index (χ1n) is 10.8. The van der Waals surface area contributed by atoms with E-state index in [4.69, 9.17) is 9.84 Å². The van der Waals surface area contributed by atoms with Crippen LogP contribution in [0.15, 0.2) is 58.7 Å². The number of hydrogen-bond donors (Lipinski definition) is 2. The average Bonchev–Trinajstić information content (AvgIpc) is 3.08. The van der Waals surface area contributed by atoms with Crippen LogP contribution in [0.5, 0.6) is 5.75 Å². The molecule has 32 heavy (non-hydrogen) atoms. The van der Waals surface area contributed by atoms with E-state index in [0.29, 0.717) is 28.9 Å². The Morgan fingerprint density at radius 1 is 1.06 bits per heavy atom. The maximum Gasteiger partial charge on any atom is 0.231 e. The Morgan fingerprint density at radius 3 is 2.53 bits per heavy atom. The summed E-state index contributed by atoms with van der Waals surface area (Å²) in [5, 5.41) is 11.4. The number of rotatable bonds is 4. The fourth-order valence-electron chi connectivity index (χ4n) is 5.59. The van der Waals surface area contributed by atoms with Gasteiger partial charge in [-0.2, -0.15) is 0 Å². The summed E-state index contributed by atoms with van der Waals surface area (Å²) in [6, 6.07) is 7.23. The molecule has 0 aromatic heterocycles. The van der Waals surface area contributed by atoms with Crippen LogP contribution in [0, 0.1) is 17.8 Å². The summed E-state index contributed by atoms with van der Waals surface area (Å²) in [4.78, 5) is 51.1. The smallest absolute Gasteiger partial charge is 0.231 e. The van der Waals surface area contributed by atoms with Gasteiger partial charge < -0.3 is 9.84 Å². The number of ether oxygens (including phenoxy) is 1. The van der Waals surface area contributed by atoms with Gasteiger partial charge in [0, 0.05) is 22.6 Å². The minimum absolute atomic E-state index is 0.0964. The molecule has 0 unspecified atom stereocenters. The number of nitrogens with one attached hydrogen (secondary N) is 1. The Balaban J connectivity index is 1.63. The molecule has 0 spiro atoms. The van der Waals surface area contributed by atoms with Gasteiger partial charge in [-0.1, -0.05) is 23.8 Å². The fraction of sp³-hybridized carbons (Fsp3) is 0.360. The molecule has 4 aliphatic rings. The van der Waals surface area contributed by atoms with Crippen molar-refractivity contribution < 1.29 is 29.0 Å². The molecule has 0 saturated carbocycles. The number of imide groups is 1. The van der Waals surface area contributed by atoms with Gasteiger partial charge >= 0.3 is 0 Å². The third-order valence-electron chi connectivity index (χ3n) is 6.98. The van der Waals surface area contributed by atoms with Crippen molar-refractivity contribution in [3.63, 3.8) is 0 Å². The Bertz CT molecular complexity index is 1140. The molecule has 4 atom stereocenters. The van der Waals surface area contributed by atoms with Crippen LogP contribution in [-0.2, 0) is 19.2 Å². The lowest BCUT2D eigenvalue weighted by Gasteiger charge is -2.42. The summed E-state index contributed by atoms with van der Waals surface area (Å²) in [7, 11) is 0. The first-order valence-corrected chi connectivity index (χ1v) is 10.8. The number of hydrogen-bond acceptors (Lipinski definition) is 6. The molecular formula is C25H23NO6. The topological polar surface area (TPSA) is 110 Å². The van der Waals surface area contributed by atoms with Crippen molar-refractivity contribution in [2.75, 3.05) is 13.2 Å². The Morgan fingerprint density at radius 2 is 1.81 bits per heavy atom. The third kappa shape index (κ3) is 3.07. The van der Waals surface area contributed by atoms with Crippen LogP contribution in [0.4, 0.5) is 0 Å². The van der Waals surface area contributed by atoms with Crippen LogP contribution in [0.25, 0.3) is 0 Å². The van der Waals surface area contributed by atoms with Gasteiger partial charge in [-0.15, -0.1) is 0 Å². The van der Waals surface area contributed by atoms with Gasteiger partial charge in [-0.25, -0.2) is 0 Å². The van der Waals surface area contributed by atoms with Crippen LogP contribution in [0.2, 0.25) is 0 Å². The fourth-order valence-corrected chi connectivity index (χ4v) is 5.59. The Hall–Kier alpha value is -3.32. The lowest BCUT2D eigenvalue weighted by atomic mass is 9.59. The number of fused-ring (bicyclic) bond motifs is 3. The van der Waals surface area contributed by atoms with Crippen molar-refractivity contribution in [2.24, 2.45) is 17.8 Å². The number of ketones is 2. The first kappa shape index (κ1) is 20.6. The monoisotopic (exact) mass is 433 g/mol. The van der Waals surface area contributed by atoms with Crippen LogP contribution in [0.1, 0.15) is 31.2 Å². The standard InChI is InChI=1S/C25H23NO6/c1-12-10-19(28)22-18(23(12)29)11-17-15(6-7-16-21(17)25(31)26-24(16)30)20(22)13-2-4-14(5-3-13)32-9-8-27/h2-6,10,16-17,20-21,27H,7-9,11H2,1H3,(H,26,30,31)/t16-,17+,20-,21-/m0/s1. The minimum Gasteiger partial charge on any atom is -0.491 e. The van der Waals surface area contributed by atoms with Gasteiger partial charge in [-0.3, -0.25) is 24.5 Å². The van der Waals surface area contributed by atoms with Gasteiger partial charge in [-0.05, 0) is 49.5 Å². The molecule has 1 aromatic rings. The summed E-state index contributed by atoms with van der Waals surface area (Å²) in [5.41, 5.74) is 3.06. The highest BCUT2D eigenvalue weighted by atomic mass is 16.5. The number of allylic oxidation sites excluding steroid dienone is 6. The largest absolute Gasteiger partial charge is 0.491 e. The quantitative estimate of drug-likeness (QED) is 0.426. The van der Waals surface area contributed by atoms with E-state index < -0.39 is 17.8 Å². The normalized spacial score (nSPS) is 29.1. The van der Waals surface area contributed by atoms with Crippen molar-refractivity contribution in [2.45, 2.75) is 25.7 Å². The molecule has 1 aliphatic heterocycles. The molecule has 2 amide bonds. The first-order chi connectivity index (χ1) is 15.4. The summed E-state index contributed by atoms with van der Waals surface area (Å²) in [5.74, 6) is -2.05. The minimum atomic E-state index is -0.527. The highest BCUT2D eigenvalue weighted by Gasteiger charge is 2.53. The van der Waals surface area contributed by atoms with Gasteiger partial charge in [0.05, 0.1) is 18.4 Å². The zero-order chi connectivity index (χ0) is 22.6. The Kier molecular flexibility index (Phi) is 4.93. The van der Waals surface area contributed by atoms with Crippen molar-refractivity contribution in [1.82, 2.24) is 5.32 Å². The van der Waals surface area contributed by atoms with Gasteiger partial charge in [0.25, 0.3) is 0 Å². The van der Waals surface area contributed by atoms with Crippen molar-refractivity contribution in [3.8, 4) is 5.75 Å². The molecule has 3 aliphatic carbocycles. The molecule has 7 heteroatoms. The number of Topliss-reactive ketones (excluding diaryl/α,β-unsaturated/α-hetero) is 1. The van der Waals surface area contributed by atoms with Gasteiger partial charge in [0.15, 0.2) is 11.6 Å². The number of carbonyl (C=O) groups is 4. The van der Waals surface area contributed by atoms with Gasteiger partial charge in [0.1, 0.15) is 12.4 Å².